The Morgan fingerprint density at radius 3 is 2.21 bits per heavy atom. The topological polar surface area (TPSA) is 3.24 Å². The van der Waals surface area contributed by atoms with Crippen molar-refractivity contribution in [3.05, 3.63) is 0 Å². The van der Waals surface area contributed by atoms with E-state index >= 15 is 0 Å². The number of rotatable bonds is 8. The second kappa shape index (κ2) is 7.89. The fourth-order valence-corrected chi connectivity index (χ4v) is 2.69. The Kier molecular flexibility index (Phi) is 8.26. The van der Waals surface area contributed by atoms with Gasteiger partial charge < -0.3 is 4.90 Å². The smallest absolute Gasteiger partial charge is 0.00694 e. The first-order chi connectivity index (χ1) is 6.64. The third-order valence-corrected chi connectivity index (χ3v) is 4.38. The molecule has 0 aromatic rings. The summed E-state index contributed by atoms with van der Waals surface area (Å²) in [6, 6.07) is 0. The Bertz CT molecular complexity index is 127. The van der Waals surface area contributed by atoms with Crippen molar-refractivity contribution in [1.82, 2.24) is 4.90 Å². The van der Waals surface area contributed by atoms with Gasteiger partial charge in [0.05, 0.1) is 0 Å². The average molecular weight is 235 g/mol. The van der Waals surface area contributed by atoms with E-state index in [2.05, 4.69) is 44.7 Å². The number of thiol groups is 1. The Morgan fingerprint density at radius 1 is 1.29 bits per heavy atom. The first kappa shape index (κ1) is 14.7. The van der Waals surface area contributed by atoms with Crippen LogP contribution in [0, 0.1) is 5.41 Å². The zero-order valence-corrected chi connectivity index (χ0v) is 11.8. The number of hydrogen-bond donors (Lipinski definition) is 1. The highest BCUT2D eigenvalue weighted by molar-refractivity contribution is 7.98. The van der Waals surface area contributed by atoms with E-state index in [1.54, 1.807) is 0 Å². The van der Waals surface area contributed by atoms with Crippen LogP contribution in [-0.2, 0) is 0 Å². The van der Waals surface area contributed by atoms with Gasteiger partial charge in [-0.25, -0.2) is 0 Å². The molecule has 0 aromatic heterocycles. The Hall–Kier alpha value is 0.660. The Morgan fingerprint density at radius 2 is 1.86 bits per heavy atom. The van der Waals surface area contributed by atoms with Crippen LogP contribution in [0.15, 0.2) is 0 Å². The van der Waals surface area contributed by atoms with Crippen molar-refractivity contribution in [2.24, 2.45) is 5.41 Å². The highest BCUT2D eigenvalue weighted by atomic mass is 32.2. The number of hydrogen-bond acceptors (Lipinski definition) is 3. The number of nitrogens with zero attached hydrogens (tertiary/aromatic N) is 1. The van der Waals surface area contributed by atoms with Crippen molar-refractivity contribution < 1.29 is 0 Å². The Labute approximate surface area is 99.4 Å². The summed E-state index contributed by atoms with van der Waals surface area (Å²) in [4.78, 5) is 2.44. The minimum Gasteiger partial charge on any atom is -0.305 e. The van der Waals surface area contributed by atoms with E-state index in [4.69, 9.17) is 0 Å². The molecule has 1 nitrogen and oxygen atoms in total. The summed E-state index contributed by atoms with van der Waals surface area (Å²) in [5.74, 6) is 2.23. The second-order valence-electron chi connectivity index (χ2n) is 4.10. The van der Waals surface area contributed by atoms with E-state index < -0.39 is 0 Å². The van der Waals surface area contributed by atoms with Gasteiger partial charge in [0.15, 0.2) is 0 Å². The summed E-state index contributed by atoms with van der Waals surface area (Å²) in [6.45, 7) is 6.94. The van der Waals surface area contributed by atoms with Gasteiger partial charge in [-0.3, -0.25) is 0 Å². The molecule has 0 unspecified atom stereocenters. The minimum absolute atomic E-state index is 0.427. The van der Waals surface area contributed by atoms with E-state index in [0.29, 0.717) is 5.41 Å². The van der Waals surface area contributed by atoms with E-state index in [-0.39, 0.29) is 0 Å². The molecule has 0 saturated carbocycles. The van der Waals surface area contributed by atoms with Crippen molar-refractivity contribution >= 4 is 24.4 Å². The molecule has 0 aliphatic rings. The highest BCUT2D eigenvalue weighted by Gasteiger charge is 2.25. The molecule has 0 aromatic carbocycles. The van der Waals surface area contributed by atoms with Crippen molar-refractivity contribution in [3.8, 4) is 0 Å². The van der Waals surface area contributed by atoms with Crippen LogP contribution in [0.4, 0.5) is 0 Å². The quantitative estimate of drug-likeness (QED) is 0.644. The lowest BCUT2D eigenvalue weighted by Gasteiger charge is -2.34. The van der Waals surface area contributed by atoms with Crippen LogP contribution < -0.4 is 0 Å². The average Bonchev–Trinajstić information content (AvgIpc) is 2.23. The van der Waals surface area contributed by atoms with Crippen LogP contribution in [0.25, 0.3) is 0 Å². The minimum atomic E-state index is 0.427. The predicted octanol–water partition coefficient (Wildman–Crippen LogP) is 3.02. The molecule has 0 radical (unpaired) electrons. The largest absolute Gasteiger partial charge is 0.305 e. The maximum absolute atomic E-state index is 4.50. The van der Waals surface area contributed by atoms with Crippen molar-refractivity contribution in [2.75, 3.05) is 37.9 Å². The van der Waals surface area contributed by atoms with Crippen LogP contribution in [0.5, 0.6) is 0 Å². The number of thioether (sulfide) groups is 1. The molecule has 0 atom stereocenters. The monoisotopic (exact) mass is 235 g/mol. The zero-order valence-electron chi connectivity index (χ0n) is 10.0. The zero-order chi connectivity index (χ0) is 11.0. The summed E-state index contributed by atoms with van der Waals surface area (Å²) in [5.41, 5.74) is 0.427. The normalized spacial score (nSPS) is 12.4. The van der Waals surface area contributed by atoms with Gasteiger partial charge in [-0.2, -0.15) is 24.4 Å². The van der Waals surface area contributed by atoms with Gasteiger partial charge in [-0.15, -0.1) is 0 Å². The molecule has 0 aliphatic heterocycles. The third kappa shape index (κ3) is 4.94. The molecular weight excluding hydrogens is 210 g/mol. The standard InChI is InChI=1S/C11H25NS2/c1-5-11(6-2,10-13)9-12(3)7-8-14-4/h13H,5-10H2,1-4H3. The molecule has 0 spiro atoms. The molecule has 0 bridgehead atoms. The highest BCUT2D eigenvalue weighted by Crippen LogP contribution is 2.28. The molecule has 0 aliphatic carbocycles. The van der Waals surface area contributed by atoms with E-state index in [9.17, 15) is 0 Å². The van der Waals surface area contributed by atoms with Crippen LogP contribution >= 0.6 is 24.4 Å². The lowest BCUT2D eigenvalue weighted by atomic mass is 9.84. The summed E-state index contributed by atoms with van der Waals surface area (Å²) in [6.07, 6.45) is 4.63. The van der Waals surface area contributed by atoms with E-state index in [0.717, 1.165) is 5.75 Å². The molecule has 14 heavy (non-hydrogen) atoms. The lowest BCUT2D eigenvalue weighted by molar-refractivity contribution is 0.191. The molecule has 0 rings (SSSR count). The van der Waals surface area contributed by atoms with Crippen molar-refractivity contribution in [1.29, 1.82) is 0 Å². The van der Waals surface area contributed by atoms with Gasteiger partial charge >= 0.3 is 0 Å². The van der Waals surface area contributed by atoms with Crippen LogP contribution in [0.2, 0.25) is 0 Å². The summed E-state index contributed by atoms with van der Waals surface area (Å²) in [5, 5.41) is 0. The lowest BCUT2D eigenvalue weighted by Crippen LogP contribution is -2.37. The van der Waals surface area contributed by atoms with Gasteiger partial charge in [-0.1, -0.05) is 13.8 Å². The van der Waals surface area contributed by atoms with Gasteiger partial charge in [0.2, 0.25) is 0 Å². The maximum Gasteiger partial charge on any atom is 0.00694 e. The first-order valence-corrected chi connectivity index (χ1v) is 7.45. The summed E-state index contributed by atoms with van der Waals surface area (Å²) in [7, 11) is 2.22. The third-order valence-electron chi connectivity index (χ3n) is 3.12. The van der Waals surface area contributed by atoms with Crippen LogP contribution in [0.3, 0.4) is 0 Å². The van der Waals surface area contributed by atoms with Crippen molar-refractivity contribution in [2.45, 2.75) is 26.7 Å². The fourth-order valence-electron chi connectivity index (χ4n) is 1.65. The summed E-state index contributed by atoms with van der Waals surface area (Å²) >= 11 is 6.41. The fraction of sp³-hybridized carbons (Fsp3) is 1.00. The molecule has 86 valence electrons. The summed E-state index contributed by atoms with van der Waals surface area (Å²) < 4.78 is 0. The van der Waals surface area contributed by atoms with Gasteiger partial charge in [0, 0.05) is 18.8 Å². The molecule has 0 saturated heterocycles. The maximum atomic E-state index is 4.50. The van der Waals surface area contributed by atoms with E-state index in [1.807, 2.05) is 11.8 Å². The molecular formula is C11H25NS2. The van der Waals surface area contributed by atoms with Crippen molar-refractivity contribution in [3.63, 3.8) is 0 Å². The van der Waals surface area contributed by atoms with E-state index in [1.165, 1.54) is 31.7 Å². The van der Waals surface area contributed by atoms with Gasteiger partial charge in [-0.05, 0) is 37.3 Å². The SMILES string of the molecule is CCC(CC)(CS)CN(C)CCSC. The van der Waals surface area contributed by atoms with Crippen LogP contribution in [0.1, 0.15) is 26.7 Å². The Balaban J connectivity index is 4.01. The first-order valence-electron chi connectivity index (χ1n) is 5.42. The van der Waals surface area contributed by atoms with Crippen LogP contribution in [-0.4, -0.2) is 42.8 Å². The predicted molar refractivity (Wildman–Crippen MR) is 72.7 cm³/mol. The molecule has 0 heterocycles. The molecule has 0 fully saturated rings. The molecule has 3 heteroatoms. The molecule has 0 N–H and O–H groups in total. The second-order valence-corrected chi connectivity index (χ2v) is 5.40. The van der Waals surface area contributed by atoms with Gasteiger partial charge in [0.25, 0.3) is 0 Å². The van der Waals surface area contributed by atoms with Gasteiger partial charge in [0.1, 0.15) is 0 Å². The molecule has 0 amide bonds.